The Hall–Kier alpha value is -1.66. The van der Waals surface area contributed by atoms with Gasteiger partial charge in [-0.05, 0) is 6.42 Å². The summed E-state index contributed by atoms with van der Waals surface area (Å²) >= 11 is 0. The molecule has 7 heteroatoms. The van der Waals surface area contributed by atoms with Crippen molar-refractivity contribution in [3.8, 4) is 11.5 Å². The lowest BCUT2D eigenvalue weighted by molar-refractivity contribution is -0.153. The highest BCUT2D eigenvalue weighted by molar-refractivity contribution is 5.56. The number of alkyl halides is 3. The Kier molecular flexibility index (Phi) is 4.63. The molecule has 1 rings (SSSR count). The summed E-state index contributed by atoms with van der Waals surface area (Å²) in [5.74, 6) is -1.16. The largest absolute Gasteiger partial charge is 0.490 e. The van der Waals surface area contributed by atoms with Crippen molar-refractivity contribution in [1.29, 1.82) is 0 Å². The van der Waals surface area contributed by atoms with Gasteiger partial charge in [0.2, 0.25) is 0 Å². The molecule has 3 nitrogen and oxygen atoms in total. The van der Waals surface area contributed by atoms with E-state index >= 15 is 0 Å². The van der Waals surface area contributed by atoms with Crippen LogP contribution in [-0.2, 0) is 0 Å². The van der Waals surface area contributed by atoms with Gasteiger partial charge in [-0.1, -0.05) is 6.92 Å². The molecule has 0 bridgehead atoms. The lowest BCUT2D eigenvalue weighted by Crippen LogP contribution is -2.19. The molecule has 0 amide bonds. The first-order valence-corrected chi connectivity index (χ1v) is 5.25. The molecule has 0 saturated heterocycles. The Balaban J connectivity index is 2.84. The molecule has 102 valence electrons. The fourth-order valence-corrected chi connectivity index (χ4v) is 1.16. The van der Waals surface area contributed by atoms with Crippen LogP contribution in [0.5, 0.6) is 11.5 Å². The second-order valence-electron chi connectivity index (χ2n) is 3.57. The first-order chi connectivity index (χ1) is 8.33. The monoisotopic (exact) mass is 267 g/mol. The number of hydrogen-bond donors (Lipinski definition) is 1. The predicted octanol–water partition coefficient (Wildman–Crippen LogP) is 3.14. The summed E-state index contributed by atoms with van der Waals surface area (Å²) in [5, 5.41) is 0. The van der Waals surface area contributed by atoms with Crippen LogP contribution in [0.4, 0.5) is 23.2 Å². The molecule has 0 saturated carbocycles. The van der Waals surface area contributed by atoms with Gasteiger partial charge in [0.1, 0.15) is 5.75 Å². The standard InChI is InChI=1S/C11H13F4NO2/c1-2-3-17-9-5-10(8(16)4-7(9)12)18-6-11(13,14)15/h4-5H,2-3,6,16H2,1H3. The molecule has 0 spiro atoms. The van der Waals surface area contributed by atoms with Gasteiger partial charge in [-0.25, -0.2) is 4.39 Å². The molecule has 0 aromatic heterocycles. The molecule has 0 atom stereocenters. The fourth-order valence-electron chi connectivity index (χ4n) is 1.16. The smallest absolute Gasteiger partial charge is 0.422 e. The van der Waals surface area contributed by atoms with Crippen LogP contribution in [0.15, 0.2) is 12.1 Å². The van der Waals surface area contributed by atoms with E-state index < -0.39 is 18.6 Å². The lowest BCUT2D eigenvalue weighted by atomic mass is 10.2. The zero-order chi connectivity index (χ0) is 13.8. The highest BCUT2D eigenvalue weighted by atomic mass is 19.4. The van der Waals surface area contributed by atoms with E-state index in [0.717, 1.165) is 12.1 Å². The number of rotatable bonds is 5. The number of anilines is 1. The SMILES string of the molecule is CCCOc1cc(OCC(F)(F)F)c(N)cc1F. The van der Waals surface area contributed by atoms with Crippen molar-refractivity contribution < 1.29 is 27.0 Å². The van der Waals surface area contributed by atoms with Crippen LogP contribution >= 0.6 is 0 Å². The third-order valence-electron chi connectivity index (χ3n) is 1.92. The van der Waals surface area contributed by atoms with Crippen LogP contribution < -0.4 is 15.2 Å². The van der Waals surface area contributed by atoms with Gasteiger partial charge in [-0.3, -0.25) is 0 Å². The van der Waals surface area contributed by atoms with E-state index in [1.165, 1.54) is 0 Å². The topological polar surface area (TPSA) is 44.5 Å². The second-order valence-corrected chi connectivity index (χ2v) is 3.57. The molecule has 1 aromatic carbocycles. The van der Waals surface area contributed by atoms with E-state index in [2.05, 4.69) is 4.74 Å². The van der Waals surface area contributed by atoms with Gasteiger partial charge in [0.25, 0.3) is 0 Å². The average Bonchev–Trinajstić information content (AvgIpc) is 2.25. The molecule has 0 radical (unpaired) electrons. The second kappa shape index (κ2) is 5.79. The summed E-state index contributed by atoms with van der Waals surface area (Å²) in [6.07, 6.45) is -3.84. The first kappa shape index (κ1) is 14.4. The van der Waals surface area contributed by atoms with E-state index in [4.69, 9.17) is 10.5 Å². The number of benzene rings is 1. The summed E-state index contributed by atoms with van der Waals surface area (Å²) in [6.45, 7) is 0.575. The van der Waals surface area contributed by atoms with Gasteiger partial charge in [-0.15, -0.1) is 0 Å². The van der Waals surface area contributed by atoms with Crippen LogP contribution in [-0.4, -0.2) is 19.4 Å². The molecular weight excluding hydrogens is 254 g/mol. The maximum absolute atomic E-state index is 13.3. The van der Waals surface area contributed by atoms with Gasteiger partial charge < -0.3 is 15.2 Å². The van der Waals surface area contributed by atoms with Crippen LogP contribution in [0.2, 0.25) is 0 Å². The molecule has 2 N–H and O–H groups in total. The lowest BCUT2D eigenvalue weighted by Gasteiger charge is -2.13. The Morgan fingerprint density at radius 3 is 2.39 bits per heavy atom. The van der Waals surface area contributed by atoms with E-state index in [-0.39, 0.29) is 23.8 Å². The van der Waals surface area contributed by atoms with E-state index in [0.29, 0.717) is 6.42 Å². The van der Waals surface area contributed by atoms with Gasteiger partial charge >= 0.3 is 6.18 Å². The molecule has 0 heterocycles. The minimum absolute atomic E-state index is 0.178. The van der Waals surface area contributed by atoms with Crippen LogP contribution in [0, 0.1) is 5.82 Å². The van der Waals surface area contributed by atoms with E-state index in [9.17, 15) is 17.6 Å². The minimum Gasteiger partial charge on any atom is -0.490 e. The fraction of sp³-hybridized carbons (Fsp3) is 0.455. The molecule has 0 fully saturated rings. The van der Waals surface area contributed by atoms with Crippen molar-refractivity contribution in [1.82, 2.24) is 0 Å². The number of nitrogens with two attached hydrogens (primary N) is 1. The van der Waals surface area contributed by atoms with Crippen LogP contribution in [0.3, 0.4) is 0 Å². The maximum atomic E-state index is 13.3. The predicted molar refractivity (Wildman–Crippen MR) is 58.1 cm³/mol. The summed E-state index contributed by atoms with van der Waals surface area (Å²) in [4.78, 5) is 0. The van der Waals surface area contributed by atoms with Crippen LogP contribution in [0.25, 0.3) is 0 Å². The molecule has 0 aliphatic rings. The van der Waals surface area contributed by atoms with Crippen LogP contribution in [0.1, 0.15) is 13.3 Å². The number of ether oxygens (including phenoxy) is 2. The molecule has 1 aromatic rings. The molecular formula is C11H13F4NO2. The zero-order valence-corrected chi connectivity index (χ0v) is 9.68. The van der Waals surface area contributed by atoms with E-state index in [1.54, 1.807) is 0 Å². The van der Waals surface area contributed by atoms with Crippen molar-refractivity contribution in [2.75, 3.05) is 18.9 Å². The first-order valence-electron chi connectivity index (χ1n) is 5.25. The highest BCUT2D eigenvalue weighted by Crippen LogP contribution is 2.31. The van der Waals surface area contributed by atoms with E-state index in [1.807, 2.05) is 6.92 Å². The number of nitrogen functional groups attached to an aromatic ring is 1. The Morgan fingerprint density at radius 1 is 1.17 bits per heavy atom. The zero-order valence-electron chi connectivity index (χ0n) is 9.68. The van der Waals surface area contributed by atoms with Crippen molar-refractivity contribution >= 4 is 5.69 Å². The summed E-state index contributed by atoms with van der Waals surface area (Å²) in [5.41, 5.74) is 5.15. The van der Waals surface area contributed by atoms with Crippen molar-refractivity contribution in [3.05, 3.63) is 17.9 Å². The third kappa shape index (κ3) is 4.31. The average molecular weight is 267 g/mol. The molecule has 0 unspecified atom stereocenters. The van der Waals surface area contributed by atoms with Gasteiger partial charge in [-0.2, -0.15) is 13.2 Å². The minimum atomic E-state index is -4.48. The Morgan fingerprint density at radius 2 is 1.83 bits per heavy atom. The summed E-state index contributed by atoms with van der Waals surface area (Å²) < 4.78 is 58.8. The van der Waals surface area contributed by atoms with Crippen molar-refractivity contribution in [3.63, 3.8) is 0 Å². The van der Waals surface area contributed by atoms with Gasteiger partial charge in [0.05, 0.1) is 12.3 Å². The van der Waals surface area contributed by atoms with Gasteiger partial charge in [0.15, 0.2) is 18.2 Å². The summed E-state index contributed by atoms with van der Waals surface area (Å²) in [6, 6.07) is 1.89. The third-order valence-corrected chi connectivity index (χ3v) is 1.92. The highest BCUT2D eigenvalue weighted by Gasteiger charge is 2.29. The Bertz CT molecular complexity index is 407. The molecule has 0 aliphatic carbocycles. The van der Waals surface area contributed by atoms with Crippen molar-refractivity contribution in [2.24, 2.45) is 0 Å². The van der Waals surface area contributed by atoms with Gasteiger partial charge in [0, 0.05) is 12.1 Å². The summed E-state index contributed by atoms with van der Waals surface area (Å²) in [7, 11) is 0. The molecule has 0 aliphatic heterocycles. The quantitative estimate of drug-likeness (QED) is 0.658. The molecule has 18 heavy (non-hydrogen) atoms. The van der Waals surface area contributed by atoms with Crippen molar-refractivity contribution in [2.45, 2.75) is 19.5 Å². The maximum Gasteiger partial charge on any atom is 0.422 e. The normalized spacial score (nSPS) is 11.4. The number of hydrogen-bond acceptors (Lipinski definition) is 3. The Labute approximate surface area is 101 Å². The number of halogens is 4.